The van der Waals surface area contributed by atoms with Crippen molar-refractivity contribution in [2.45, 2.75) is 72.1 Å². The van der Waals surface area contributed by atoms with Gasteiger partial charge >= 0.3 is 0 Å². The van der Waals surface area contributed by atoms with Gasteiger partial charge in [0.2, 0.25) is 0 Å². The normalized spacial score (nSPS) is 21.4. The Bertz CT molecular complexity index is 958. The maximum Gasteiger partial charge on any atom is 0.0281 e. The van der Waals surface area contributed by atoms with E-state index in [1.807, 2.05) is 0 Å². The number of allylic oxidation sites excluding steroid dienone is 12. The van der Waals surface area contributed by atoms with Crippen LogP contribution >= 0.6 is 0 Å². The van der Waals surface area contributed by atoms with Crippen LogP contribution in [0.25, 0.3) is 0 Å². The van der Waals surface area contributed by atoms with Crippen molar-refractivity contribution in [1.82, 2.24) is 0 Å². The van der Waals surface area contributed by atoms with Gasteiger partial charge in [-0.1, -0.05) is 113 Å². The van der Waals surface area contributed by atoms with E-state index in [1.54, 1.807) is 0 Å². The highest BCUT2D eigenvalue weighted by Crippen LogP contribution is 2.40. The summed E-state index contributed by atoms with van der Waals surface area (Å²) in [6.45, 7) is 7.06. The predicted molar refractivity (Wildman–Crippen MR) is 140 cm³/mol. The van der Waals surface area contributed by atoms with E-state index in [-0.39, 0.29) is 0 Å². The van der Waals surface area contributed by atoms with Gasteiger partial charge in [0.25, 0.3) is 0 Å². The minimum Gasteiger partial charge on any atom is -0.0836 e. The molecule has 0 radical (unpaired) electrons. The lowest BCUT2D eigenvalue weighted by molar-refractivity contribution is 0.392. The van der Waals surface area contributed by atoms with Crippen LogP contribution in [-0.2, 0) is 12.8 Å². The van der Waals surface area contributed by atoms with Gasteiger partial charge in [0, 0.05) is 5.92 Å². The molecule has 1 aromatic rings. The summed E-state index contributed by atoms with van der Waals surface area (Å²) in [5, 5.41) is 0. The number of hydrogen-bond donors (Lipinski definition) is 0. The summed E-state index contributed by atoms with van der Waals surface area (Å²) >= 11 is 0. The molecule has 168 valence electrons. The molecule has 3 atom stereocenters. The molecule has 3 aliphatic carbocycles. The first-order chi connectivity index (χ1) is 15.7. The average molecular weight is 425 g/mol. The third-order valence-corrected chi connectivity index (χ3v) is 7.70. The van der Waals surface area contributed by atoms with Gasteiger partial charge in [0.1, 0.15) is 0 Å². The summed E-state index contributed by atoms with van der Waals surface area (Å²) in [7, 11) is 0. The topological polar surface area (TPSA) is 0 Å². The van der Waals surface area contributed by atoms with Crippen LogP contribution in [0.2, 0.25) is 0 Å². The van der Waals surface area contributed by atoms with Crippen molar-refractivity contribution in [2.75, 3.05) is 0 Å². The Kier molecular flexibility index (Phi) is 7.85. The molecular weight excluding hydrogens is 384 g/mol. The molecule has 32 heavy (non-hydrogen) atoms. The van der Waals surface area contributed by atoms with Gasteiger partial charge in [-0.3, -0.25) is 0 Å². The number of fused-ring (bicyclic) bond motifs is 1. The van der Waals surface area contributed by atoms with E-state index >= 15 is 0 Å². The lowest BCUT2D eigenvalue weighted by atomic mass is 9.78. The number of hydrogen-bond acceptors (Lipinski definition) is 0. The molecule has 0 heteroatoms. The molecule has 0 saturated carbocycles. The first kappa shape index (κ1) is 22.8. The summed E-state index contributed by atoms with van der Waals surface area (Å²) < 4.78 is 0. The van der Waals surface area contributed by atoms with E-state index < -0.39 is 0 Å². The standard InChI is InChI=1S/C32H40/c1-4-24(3)14-15-25(5-2)22-26-16-18-27(19-17-26)23-29-20-21-31(28-10-7-6-8-11-28)32-13-9-12-30(29)32/h7,9-13,16-21,24-25,32H,4-6,8,14-15,22-23H2,1-3H3. The molecular formula is C32H40. The maximum atomic E-state index is 2.40. The zero-order chi connectivity index (χ0) is 22.3. The zero-order valence-electron chi connectivity index (χ0n) is 20.3. The lowest BCUT2D eigenvalue weighted by Crippen LogP contribution is -2.12. The van der Waals surface area contributed by atoms with Crippen molar-refractivity contribution in [3.05, 3.63) is 106 Å². The van der Waals surface area contributed by atoms with Crippen molar-refractivity contribution < 1.29 is 0 Å². The minimum absolute atomic E-state index is 0.430. The molecule has 0 aromatic heterocycles. The van der Waals surface area contributed by atoms with Gasteiger partial charge < -0.3 is 0 Å². The molecule has 0 amide bonds. The molecule has 0 N–H and O–H groups in total. The molecule has 0 fully saturated rings. The average Bonchev–Trinajstić information content (AvgIpc) is 3.34. The van der Waals surface area contributed by atoms with Crippen LogP contribution in [0.1, 0.15) is 70.4 Å². The highest BCUT2D eigenvalue weighted by molar-refractivity contribution is 5.60. The summed E-state index contributed by atoms with van der Waals surface area (Å²) in [4.78, 5) is 0. The molecule has 0 bridgehead atoms. The largest absolute Gasteiger partial charge is 0.0836 e. The SMILES string of the molecule is CCC(C)CCC(CC)Cc1ccc(CC2=CC=C(C3=CCCC=C3)C3C=CC=C23)cc1. The van der Waals surface area contributed by atoms with E-state index in [1.165, 1.54) is 71.9 Å². The molecule has 3 unspecified atom stereocenters. The zero-order valence-corrected chi connectivity index (χ0v) is 20.3. The lowest BCUT2D eigenvalue weighted by Gasteiger charge is -2.26. The van der Waals surface area contributed by atoms with Gasteiger partial charge in [0.15, 0.2) is 0 Å². The molecule has 4 rings (SSSR count). The van der Waals surface area contributed by atoms with E-state index in [2.05, 4.69) is 93.6 Å². The molecule has 3 aliphatic rings. The first-order valence-electron chi connectivity index (χ1n) is 12.9. The van der Waals surface area contributed by atoms with Crippen molar-refractivity contribution in [1.29, 1.82) is 0 Å². The third-order valence-electron chi connectivity index (χ3n) is 7.70. The Morgan fingerprint density at radius 2 is 1.69 bits per heavy atom. The van der Waals surface area contributed by atoms with Crippen LogP contribution < -0.4 is 0 Å². The van der Waals surface area contributed by atoms with Crippen LogP contribution in [0.15, 0.2) is 95.2 Å². The van der Waals surface area contributed by atoms with E-state index in [4.69, 9.17) is 0 Å². The van der Waals surface area contributed by atoms with Crippen LogP contribution in [0.3, 0.4) is 0 Å². The quantitative estimate of drug-likeness (QED) is 0.352. The van der Waals surface area contributed by atoms with E-state index in [9.17, 15) is 0 Å². The highest BCUT2D eigenvalue weighted by Gasteiger charge is 2.26. The summed E-state index contributed by atoms with van der Waals surface area (Å²) in [6.07, 6.45) is 28.6. The second kappa shape index (κ2) is 11.0. The minimum atomic E-state index is 0.430. The smallest absolute Gasteiger partial charge is 0.0281 e. The Hall–Kier alpha value is -2.34. The van der Waals surface area contributed by atoms with Crippen LogP contribution in [-0.4, -0.2) is 0 Å². The predicted octanol–water partition coefficient (Wildman–Crippen LogP) is 8.88. The van der Waals surface area contributed by atoms with Gasteiger partial charge in [-0.25, -0.2) is 0 Å². The van der Waals surface area contributed by atoms with Gasteiger partial charge in [0.05, 0.1) is 0 Å². The Balaban J connectivity index is 1.41. The van der Waals surface area contributed by atoms with Gasteiger partial charge in [-0.05, 0) is 77.4 Å². The van der Waals surface area contributed by atoms with Crippen molar-refractivity contribution in [3.8, 4) is 0 Å². The summed E-state index contributed by atoms with van der Waals surface area (Å²) in [5.41, 5.74) is 8.76. The Morgan fingerprint density at radius 1 is 0.875 bits per heavy atom. The highest BCUT2D eigenvalue weighted by atomic mass is 14.3. The fraction of sp³-hybridized carbons (Fsp3) is 0.438. The first-order valence-corrected chi connectivity index (χ1v) is 12.9. The van der Waals surface area contributed by atoms with Gasteiger partial charge in [-0.15, -0.1) is 0 Å². The number of rotatable bonds is 10. The van der Waals surface area contributed by atoms with E-state index in [0.29, 0.717) is 5.92 Å². The third kappa shape index (κ3) is 5.52. The van der Waals surface area contributed by atoms with Crippen LogP contribution in [0.5, 0.6) is 0 Å². The second-order valence-electron chi connectivity index (χ2n) is 10.0. The Morgan fingerprint density at radius 3 is 2.41 bits per heavy atom. The molecule has 0 spiro atoms. The Labute approximate surface area is 196 Å². The monoisotopic (exact) mass is 424 g/mol. The molecule has 0 heterocycles. The summed E-state index contributed by atoms with van der Waals surface area (Å²) in [5.74, 6) is 2.11. The fourth-order valence-corrected chi connectivity index (χ4v) is 5.23. The van der Waals surface area contributed by atoms with E-state index in [0.717, 1.165) is 24.7 Å². The van der Waals surface area contributed by atoms with Crippen molar-refractivity contribution in [3.63, 3.8) is 0 Å². The molecule has 0 aliphatic heterocycles. The van der Waals surface area contributed by atoms with Crippen molar-refractivity contribution in [2.24, 2.45) is 17.8 Å². The van der Waals surface area contributed by atoms with Gasteiger partial charge in [-0.2, -0.15) is 0 Å². The molecule has 0 saturated heterocycles. The second-order valence-corrected chi connectivity index (χ2v) is 10.0. The molecule has 1 aromatic carbocycles. The fourth-order valence-electron chi connectivity index (χ4n) is 5.23. The van der Waals surface area contributed by atoms with Crippen LogP contribution in [0.4, 0.5) is 0 Å². The maximum absolute atomic E-state index is 2.40. The summed E-state index contributed by atoms with van der Waals surface area (Å²) in [6, 6.07) is 9.48. The number of benzene rings is 1. The molecule has 0 nitrogen and oxygen atoms in total. The van der Waals surface area contributed by atoms with Crippen molar-refractivity contribution >= 4 is 0 Å². The van der Waals surface area contributed by atoms with Crippen LogP contribution in [0, 0.1) is 17.8 Å².